The van der Waals surface area contributed by atoms with E-state index in [4.69, 9.17) is 0 Å². The molecule has 1 amide bonds. The Balaban J connectivity index is 2.11. The van der Waals surface area contributed by atoms with Crippen LogP contribution < -0.4 is 4.72 Å². The molecule has 0 radical (unpaired) electrons. The minimum absolute atomic E-state index is 0.0906. The van der Waals surface area contributed by atoms with Crippen LogP contribution in [0.1, 0.15) is 42.3 Å². The van der Waals surface area contributed by atoms with Crippen LogP contribution in [0.2, 0.25) is 0 Å². The molecule has 1 N–H and O–H groups in total. The van der Waals surface area contributed by atoms with E-state index >= 15 is 0 Å². The minimum atomic E-state index is -3.38. The van der Waals surface area contributed by atoms with Gasteiger partial charge in [-0.2, -0.15) is 0 Å². The van der Waals surface area contributed by atoms with Crippen LogP contribution in [-0.2, 0) is 22.0 Å². The number of hydrogen-bond acceptors (Lipinski definition) is 3. The van der Waals surface area contributed by atoms with Gasteiger partial charge in [-0.05, 0) is 34.7 Å². The summed E-state index contributed by atoms with van der Waals surface area (Å²) in [6, 6.07) is 14.7. The molecule has 2 rings (SSSR count). The van der Waals surface area contributed by atoms with E-state index in [0.29, 0.717) is 17.8 Å². The van der Waals surface area contributed by atoms with Crippen LogP contribution in [0, 0.1) is 0 Å². The first-order valence-corrected chi connectivity index (χ1v) is 10.3. The van der Waals surface area contributed by atoms with Crippen LogP contribution in [0.4, 0.5) is 5.69 Å². The average molecular weight is 375 g/mol. The van der Waals surface area contributed by atoms with Crippen molar-refractivity contribution in [2.45, 2.75) is 32.7 Å². The van der Waals surface area contributed by atoms with E-state index in [1.54, 1.807) is 36.2 Å². The van der Waals surface area contributed by atoms with E-state index in [1.807, 2.05) is 12.1 Å². The topological polar surface area (TPSA) is 66.5 Å². The average Bonchev–Trinajstić information content (AvgIpc) is 2.52. The smallest absolute Gasteiger partial charge is 0.253 e. The van der Waals surface area contributed by atoms with E-state index in [9.17, 15) is 13.2 Å². The zero-order chi connectivity index (χ0) is 19.5. The number of sulfonamides is 1. The van der Waals surface area contributed by atoms with Crippen molar-refractivity contribution in [1.82, 2.24) is 4.90 Å². The van der Waals surface area contributed by atoms with Crippen LogP contribution >= 0.6 is 0 Å². The highest BCUT2D eigenvalue weighted by atomic mass is 32.2. The summed E-state index contributed by atoms with van der Waals surface area (Å²) >= 11 is 0. The van der Waals surface area contributed by atoms with Gasteiger partial charge in [0.15, 0.2) is 0 Å². The molecule has 0 aromatic heterocycles. The van der Waals surface area contributed by atoms with Gasteiger partial charge in [0.2, 0.25) is 10.0 Å². The lowest BCUT2D eigenvalue weighted by Crippen LogP contribution is -2.26. The molecule has 0 bridgehead atoms. The van der Waals surface area contributed by atoms with Crippen molar-refractivity contribution in [1.29, 1.82) is 0 Å². The number of nitrogens with zero attached hydrogens (tertiary/aromatic N) is 1. The van der Waals surface area contributed by atoms with Crippen molar-refractivity contribution in [3.05, 3.63) is 65.2 Å². The first-order valence-electron chi connectivity index (χ1n) is 8.38. The number of amides is 1. The van der Waals surface area contributed by atoms with Gasteiger partial charge < -0.3 is 4.90 Å². The third kappa shape index (κ3) is 5.59. The molecule has 26 heavy (non-hydrogen) atoms. The highest BCUT2D eigenvalue weighted by Crippen LogP contribution is 2.22. The summed E-state index contributed by atoms with van der Waals surface area (Å²) in [5.41, 5.74) is 3.19. The van der Waals surface area contributed by atoms with Gasteiger partial charge in [-0.15, -0.1) is 0 Å². The van der Waals surface area contributed by atoms with Gasteiger partial charge in [0.1, 0.15) is 0 Å². The number of benzene rings is 2. The SMILES string of the molecule is CN(Cc1ccc(C(C)(C)C)cc1)C(=O)c1cccc(NS(C)(=O)=O)c1. The quantitative estimate of drug-likeness (QED) is 0.869. The fraction of sp³-hybridized carbons (Fsp3) is 0.350. The molecule has 140 valence electrons. The van der Waals surface area contributed by atoms with Gasteiger partial charge in [0.05, 0.1) is 6.26 Å². The fourth-order valence-corrected chi connectivity index (χ4v) is 3.16. The summed E-state index contributed by atoms with van der Waals surface area (Å²) in [5.74, 6) is -0.165. The number of anilines is 1. The predicted octanol–water partition coefficient (Wildman–Crippen LogP) is 3.63. The molecule has 0 aliphatic heterocycles. The standard InChI is InChI=1S/C20H26N2O3S/c1-20(2,3)17-11-9-15(10-12-17)14-22(4)19(23)16-7-6-8-18(13-16)21-26(5,24)25/h6-13,21H,14H2,1-5H3. The zero-order valence-electron chi connectivity index (χ0n) is 15.9. The number of rotatable bonds is 5. The van der Waals surface area contributed by atoms with Gasteiger partial charge >= 0.3 is 0 Å². The molecule has 0 aliphatic rings. The molecule has 2 aromatic rings. The summed E-state index contributed by atoms with van der Waals surface area (Å²) in [5, 5.41) is 0. The summed E-state index contributed by atoms with van der Waals surface area (Å²) in [6.45, 7) is 6.96. The largest absolute Gasteiger partial charge is 0.337 e. The Morgan fingerprint density at radius 2 is 1.69 bits per heavy atom. The molecule has 6 heteroatoms. The van der Waals surface area contributed by atoms with Gasteiger partial charge in [-0.3, -0.25) is 9.52 Å². The third-order valence-corrected chi connectivity index (χ3v) is 4.61. The lowest BCUT2D eigenvalue weighted by Gasteiger charge is -2.21. The molecule has 0 saturated carbocycles. The minimum Gasteiger partial charge on any atom is -0.337 e. The molecule has 0 saturated heterocycles. The Bertz CT molecular complexity index is 882. The Kier molecular flexibility index (Phi) is 5.76. The molecule has 0 atom stereocenters. The number of carbonyl (C=O) groups is 1. The highest BCUT2D eigenvalue weighted by Gasteiger charge is 2.15. The van der Waals surface area contributed by atoms with Crippen molar-refractivity contribution in [3.63, 3.8) is 0 Å². The maximum Gasteiger partial charge on any atom is 0.253 e. The second kappa shape index (κ2) is 7.50. The van der Waals surface area contributed by atoms with Gasteiger partial charge in [-0.1, -0.05) is 51.1 Å². The number of carbonyl (C=O) groups excluding carboxylic acids is 1. The zero-order valence-corrected chi connectivity index (χ0v) is 16.7. The Morgan fingerprint density at radius 3 is 2.23 bits per heavy atom. The summed E-state index contributed by atoms with van der Waals surface area (Å²) < 4.78 is 25.1. The van der Waals surface area contributed by atoms with Gasteiger partial charge in [0, 0.05) is 24.8 Å². The number of nitrogens with one attached hydrogen (secondary N) is 1. The summed E-state index contributed by atoms with van der Waals surface area (Å²) in [4.78, 5) is 14.3. The maximum atomic E-state index is 12.6. The molecule has 0 heterocycles. The van der Waals surface area contributed by atoms with E-state index in [0.717, 1.165) is 11.8 Å². The van der Waals surface area contributed by atoms with Gasteiger partial charge in [0.25, 0.3) is 5.91 Å². The Morgan fingerprint density at radius 1 is 1.08 bits per heavy atom. The van der Waals surface area contributed by atoms with E-state index < -0.39 is 10.0 Å². The second-order valence-corrected chi connectivity index (χ2v) is 9.31. The first-order chi connectivity index (χ1) is 12.0. The molecule has 0 unspecified atom stereocenters. The maximum absolute atomic E-state index is 12.6. The van der Waals surface area contributed by atoms with Crippen molar-refractivity contribution in [3.8, 4) is 0 Å². The molecular formula is C20H26N2O3S. The first kappa shape index (κ1) is 20.0. The second-order valence-electron chi connectivity index (χ2n) is 7.56. The van der Waals surface area contributed by atoms with Crippen LogP contribution in [-0.4, -0.2) is 32.5 Å². The molecular weight excluding hydrogens is 348 g/mol. The van der Waals surface area contributed by atoms with E-state index in [-0.39, 0.29) is 11.3 Å². The van der Waals surface area contributed by atoms with E-state index in [2.05, 4.69) is 37.6 Å². The fourth-order valence-electron chi connectivity index (χ4n) is 2.61. The van der Waals surface area contributed by atoms with Crippen LogP contribution in [0.3, 0.4) is 0 Å². The summed E-state index contributed by atoms with van der Waals surface area (Å²) in [6.07, 6.45) is 1.08. The Hall–Kier alpha value is -2.34. The van der Waals surface area contributed by atoms with Gasteiger partial charge in [-0.25, -0.2) is 8.42 Å². The van der Waals surface area contributed by atoms with Crippen molar-refractivity contribution in [2.24, 2.45) is 0 Å². The van der Waals surface area contributed by atoms with Crippen LogP contribution in [0.5, 0.6) is 0 Å². The highest BCUT2D eigenvalue weighted by molar-refractivity contribution is 7.92. The van der Waals surface area contributed by atoms with Crippen LogP contribution in [0.25, 0.3) is 0 Å². The van der Waals surface area contributed by atoms with Crippen molar-refractivity contribution >= 4 is 21.6 Å². The van der Waals surface area contributed by atoms with Crippen LogP contribution in [0.15, 0.2) is 48.5 Å². The predicted molar refractivity (Wildman–Crippen MR) is 106 cm³/mol. The normalized spacial score (nSPS) is 11.9. The molecule has 0 spiro atoms. The summed E-state index contributed by atoms with van der Waals surface area (Å²) in [7, 11) is -1.65. The van der Waals surface area contributed by atoms with Crippen molar-refractivity contribution in [2.75, 3.05) is 18.0 Å². The molecule has 2 aromatic carbocycles. The Labute approximate surface area is 156 Å². The molecule has 0 fully saturated rings. The third-order valence-electron chi connectivity index (χ3n) is 4.00. The lowest BCUT2D eigenvalue weighted by atomic mass is 9.87. The molecule has 0 aliphatic carbocycles. The lowest BCUT2D eigenvalue weighted by molar-refractivity contribution is 0.0785. The molecule has 5 nitrogen and oxygen atoms in total. The monoisotopic (exact) mass is 374 g/mol. The number of hydrogen-bond donors (Lipinski definition) is 1. The van der Waals surface area contributed by atoms with E-state index in [1.165, 1.54) is 5.56 Å². The van der Waals surface area contributed by atoms with Crippen molar-refractivity contribution < 1.29 is 13.2 Å².